The molecule has 2 aromatic carbocycles. The Balaban J connectivity index is 1.89. The van der Waals surface area contributed by atoms with Crippen LogP contribution in [0.2, 0.25) is 0 Å². The van der Waals surface area contributed by atoms with Gasteiger partial charge in [-0.05, 0) is 54.5 Å². The molecule has 142 valence electrons. The van der Waals surface area contributed by atoms with E-state index in [1.165, 1.54) is 9.80 Å². The third kappa shape index (κ3) is 3.46. The fourth-order valence-electron chi connectivity index (χ4n) is 3.16. The molecule has 6 heteroatoms. The smallest absolute Gasteiger partial charge is 0.268 e. The molecule has 4 rings (SSSR count). The van der Waals surface area contributed by atoms with Crippen molar-refractivity contribution in [2.24, 2.45) is 0 Å². The van der Waals surface area contributed by atoms with E-state index in [-0.39, 0.29) is 10.7 Å². The van der Waals surface area contributed by atoms with Gasteiger partial charge in [-0.15, -0.1) is 0 Å². The highest BCUT2D eigenvalue weighted by Gasteiger charge is 2.42. The number of para-hydroxylation sites is 1. The number of pyridine rings is 1. The number of aryl methyl sites for hydroxylation is 1. The van der Waals surface area contributed by atoms with Gasteiger partial charge in [0.05, 0.1) is 5.69 Å². The van der Waals surface area contributed by atoms with Crippen LogP contribution in [0.1, 0.15) is 11.1 Å². The molecule has 1 fully saturated rings. The lowest BCUT2D eigenvalue weighted by molar-refractivity contribution is -0.120. The van der Waals surface area contributed by atoms with E-state index in [2.05, 4.69) is 4.98 Å². The van der Waals surface area contributed by atoms with Gasteiger partial charge in [-0.25, -0.2) is 9.88 Å². The zero-order chi connectivity index (χ0) is 20.4. The second kappa shape index (κ2) is 7.77. The van der Waals surface area contributed by atoms with Gasteiger partial charge >= 0.3 is 0 Å². The lowest BCUT2D eigenvalue weighted by Gasteiger charge is -2.36. The van der Waals surface area contributed by atoms with Crippen molar-refractivity contribution in [3.05, 3.63) is 95.7 Å². The molecule has 0 unspecified atom stereocenters. The molecular formula is C23H17N3O2S. The van der Waals surface area contributed by atoms with Crippen molar-refractivity contribution in [2.45, 2.75) is 6.92 Å². The third-order valence-electron chi connectivity index (χ3n) is 4.59. The Kier molecular flexibility index (Phi) is 5.01. The van der Waals surface area contributed by atoms with Crippen molar-refractivity contribution in [1.82, 2.24) is 4.98 Å². The highest BCUT2D eigenvalue weighted by atomic mass is 32.1. The molecule has 2 amide bonds. The Morgan fingerprint density at radius 2 is 1.48 bits per heavy atom. The maximum Gasteiger partial charge on any atom is 0.271 e. The number of amides is 2. The van der Waals surface area contributed by atoms with Gasteiger partial charge in [0.2, 0.25) is 0 Å². The molecule has 1 aliphatic rings. The van der Waals surface area contributed by atoms with Crippen LogP contribution in [0.4, 0.5) is 11.5 Å². The van der Waals surface area contributed by atoms with Crippen molar-refractivity contribution in [2.75, 3.05) is 9.80 Å². The number of hydrogen-bond acceptors (Lipinski definition) is 4. The van der Waals surface area contributed by atoms with Crippen LogP contribution in [0.3, 0.4) is 0 Å². The van der Waals surface area contributed by atoms with Crippen molar-refractivity contribution in [1.29, 1.82) is 0 Å². The molecule has 29 heavy (non-hydrogen) atoms. The summed E-state index contributed by atoms with van der Waals surface area (Å²) in [6.45, 7) is 1.90. The molecule has 1 aliphatic heterocycles. The summed E-state index contributed by atoms with van der Waals surface area (Å²) in [7, 11) is 0. The number of aromatic nitrogens is 1. The number of rotatable bonds is 3. The standard InChI is InChI=1S/C23H17N3O2S/c1-16-9-5-6-12-19(16)25-21(27)18(15-17-10-3-2-4-11-17)22(28)26(23(25)29)20-13-7-8-14-24-20/h2-15H,1H3/b18-15+. The van der Waals surface area contributed by atoms with Crippen LogP contribution >= 0.6 is 12.2 Å². The Morgan fingerprint density at radius 1 is 0.828 bits per heavy atom. The highest BCUT2D eigenvalue weighted by Crippen LogP contribution is 2.30. The zero-order valence-electron chi connectivity index (χ0n) is 15.6. The number of thiocarbonyl (C=S) groups is 1. The number of carbonyl (C=O) groups is 2. The lowest BCUT2D eigenvalue weighted by Crippen LogP contribution is -2.57. The summed E-state index contributed by atoms with van der Waals surface area (Å²) in [5.41, 5.74) is 2.29. The predicted molar refractivity (Wildman–Crippen MR) is 117 cm³/mol. The van der Waals surface area contributed by atoms with Crippen LogP contribution in [0.25, 0.3) is 6.08 Å². The minimum absolute atomic E-state index is 0.0266. The minimum atomic E-state index is -0.493. The number of nitrogens with zero attached hydrogens (tertiary/aromatic N) is 3. The Labute approximate surface area is 173 Å². The van der Waals surface area contributed by atoms with Crippen molar-refractivity contribution >= 4 is 46.7 Å². The van der Waals surface area contributed by atoms with Gasteiger partial charge in [0.1, 0.15) is 11.4 Å². The van der Waals surface area contributed by atoms with E-state index in [1.54, 1.807) is 30.5 Å². The first kappa shape index (κ1) is 18.7. The van der Waals surface area contributed by atoms with Crippen molar-refractivity contribution in [3.63, 3.8) is 0 Å². The van der Waals surface area contributed by atoms with E-state index in [0.29, 0.717) is 11.5 Å². The SMILES string of the molecule is Cc1ccccc1N1C(=O)/C(=C\c2ccccc2)C(=O)N(c2ccccn2)C1=S. The van der Waals surface area contributed by atoms with E-state index in [4.69, 9.17) is 12.2 Å². The Morgan fingerprint density at radius 3 is 2.17 bits per heavy atom. The summed E-state index contributed by atoms with van der Waals surface area (Å²) in [5, 5.41) is 0.0817. The second-order valence-electron chi connectivity index (χ2n) is 6.51. The highest BCUT2D eigenvalue weighted by molar-refractivity contribution is 7.81. The van der Waals surface area contributed by atoms with Crippen LogP contribution < -0.4 is 9.80 Å². The van der Waals surface area contributed by atoms with Crippen LogP contribution in [0.15, 0.2) is 84.6 Å². The maximum atomic E-state index is 13.4. The molecule has 0 spiro atoms. The molecule has 0 atom stereocenters. The summed E-state index contributed by atoms with van der Waals surface area (Å²) in [4.78, 5) is 33.7. The molecule has 0 bridgehead atoms. The van der Waals surface area contributed by atoms with Gasteiger partial charge in [0, 0.05) is 6.20 Å². The predicted octanol–water partition coefficient (Wildman–Crippen LogP) is 4.14. The van der Waals surface area contributed by atoms with Gasteiger partial charge < -0.3 is 0 Å². The van der Waals surface area contributed by atoms with Crippen LogP contribution in [-0.2, 0) is 9.59 Å². The fourth-order valence-corrected chi connectivity index (χ4v) is 3.52. The Hall–Kier alpha value is -3.64. The summed E-state index contributed by atoms with van der Waals surface area (Å²) < 4.78 is 0. The van der Waals surface area contributed by atoms with E-state index in [9.17, 15) is 9.59 Å². The zero-order valence-corrected chi connectivity index (χ0v) is 16.5. The molecule has 5 nitrogen and oxygen atoms in total. The molecule has 0 aliphatic carbocycles. The Bertz CT molecular complexity index is 1130. The molecule has 0 saturated carbocycles. The lowest BCUT2D eigenvalue weighted by atomic mass is 10.0. The average molecular weight is 399 g/mol. The monoisotopic (exact) mass is 399 g/mol. The molecule has 1 saturated heterocycles. The van der Waals surface area contributed by atoms with Crippen LogP contribution in [0, 0.1) is 6.92 Å². The first-order valence-electron chi connectivity index (χ1n) is 9.04. The van der Waals surface area contributed by atoms with E-state index >= 15 is 0 Å². The average Bonchev–Trinajstić information content (AvgIpc) is 2.74. The van der Waals surface area contributed by atoms with Gasteiger partial charge in [0.25, 0.3) is 11.8 Å². The van der Waals surface area contributed by atoms with E-state index < -0.39 is 11.8 Å². The number of anilines is 2. The van der Waals surface area contributed by atoms with E-state index in [1.807, 2.05) is 61.5 Å². The summed E-state index contributed by atoms with van der Waals surface area (Å²) in [6, 6.07) is 21.9. The summed E-state index contributed by atoms with van der Waals surface area (Å²) in [5.74, 6) is -0.578. The first-order chi connectivity index (χ1) is 14.1. The van der Waals surface area contributed by atoms with Gasteiger partial charge in [-0.1, -0.05) is 54.6 Å². The largest absolute Gasteiger partial charge is 0.271 e. The molecule has 1 aromatic heterocycles. The molecule has 3 aromatic rings. The normalized spacial score (nSPS) is 15.9. The van der Waals surface area contributed by atoms with Crippen LogP contribution in [0.5, 0.6) is 0 Å². The summed E-state index contributed by atoms with van der Waals surface area (Å²) in [6.07, 6.45) is 3.17. The van der Waals surface area contributed by atoms with Gasteiger partial charge in [0.15, 0.2) is 5.11 Å². The van der Waals surface area contributed by atoms with E-state index in [0.717, 1.165) is 11.1 Å². The fraction of sp³-hybridized carbons (Fsp3) is 0.0435. The van der Waals surface area contributed by atoms with Crippen molar-refractivity contribution < 1.29 is 9.59 Å². The van der Waals surface area contributed by atoms with Crippen molar-refractivity contribution in [3.8, 4) is 0 Å². The first-order valence-corrected chi connectivity index (χ1v) is 9.45. The third-order valence-corrected chi connectivity index (χ3v) is 4.96. The number of carbonyl (C=O) groups excluding carboxylic acids is 2. The summed E-state index contributed by atoms with van der Waals surface area (Å²) >= 11 is 5.59. The van der Waals surface area contributed by atoms with Gasteiger partial charge in [-0.3, -0.25) is 14.5 Å². The second-order valence-corrected chi connectivity index (χ2v) is 6.87. The molecular weight excluding hydrogens is 382 g/mol. The minimum Gasteiger partial charge on any atom is -0.268 e. The maximum absolute atomic E-state index is 13.4. The topological polar surface area (TPSA) is 53.5 Å². The molecule has 0 radical (unpaired) electrons. The molecule has 2 heterocycles. The number of benzene rings is 2. The van der Waals surface area contributed by atoms with Crippen LogP contribution in [-0.4, -0.2) is 21.9 Å². The van der Waals surface area contributed by atoms with Gasteiger partial charge in [-0.2, -0.15) is 0 Å². The molecule has 0 N–H and O–H groups in total. The quantitative estimate of drug-likeness (QED) is 0.377. The number of hydrogen-bond donors (Lipinski definition) is 0.